The smallest absolute Gasteiger partial charge is 0.119 e. The molecule has 0 amide bonds. The molecular formula is C27H26ClNO2. The molecule has 0 spiro atoms. The molecule has 0 aliphatic rings. The number of hydrogen-bond donors (Lipinski definition) is 2. The standard InChI is InChI=1S/C27H26ClNO2/c1-2-31-25-15-9-20(10-16-25)26(29-24-13-11-23(28)12-14-24)18-27(30)22-8-7-19-5-3-4-6-21(19)17-22/h3-17,26-27,29-30H,2,18H2,1H3. The second-order valence-electron chi connectivity index (χ2n) is 7.56. The Morgan fingerprint density at radius 2 is 1.52 bits per heavy atom. The van der Waals surface area contributed by atoms with E-state index in [4.69, 9.17) is 16.3 Å². The van der Waals surface area contributed by atoms with E-state index >= 15 is 0 Å². The first-order chi connectivity index (χ1) is 15.1. The van der Waals surface area contributed by atoms with Gasteiger partial charge in [0.05, 0.1) is 18.8 Å². The third-order valence-electron chi connectivity index (χ3n) is 5.40. The molecule has 4 aromatic carbocycles. The summed E-state index contributed by atoms with van der Waals surface area (Å²) in [5.74, 6) is 0.839. The number of aliphatic hydroxyl groups is 1. The van der Waals surface area contributed by atoms with Gasteiger partial charge in [0, 0.05) is 17.1 Å². The first kappa shape index (κ1) is 21.2. The van der Waals surface area contributed by atoms with Gasteiger partial charge in [0.2, 0.25) is 0 Å². The molecule has 4 rings (SSSR count). The first-order valence-corrected chi connectivity index (χ1v) is 10.9. The predicted molar refractivity (Wildman–Crippen MR) is 129 cm³/mol. The van der Waals surface area contributed by atoms with Gasteiger partial charge in [-0.25, -0.2) is 0 Å². The molecule has 31 heavy (non-hydrogen) atoms. The Labute approximate surface area is 188 Å². The monoisotopic (exact) mass is 431 g/mol. The van der Waals surface area contributed by atoms with Crippen LogP contribution in [0.15, 0.2) is 91.0 Å². The van der Waals surface area contributed by atoms with Crippen molar-refractivity contribution in [2.75, 3.05) is 11.9 Å². The Morgan fingerprint density at radius 3 is 2.23 bits per heavy atom. The Kier molecular flexibility index (Phi) is 6.76. The molecule has 0 aliphatic carbocycles. The van der Waals surface area contributed by atoms with E-state index in [-0.39, 0.29) is 6.04 Å². The molecule has 3 nitrogen and oxygen atoms in total. The molecule has 0 saturated carbocycles. The Morgan fingerprint density at radius 1 is 0.839 bits per heavy atom. The van der Waals surface area contributed by atoms with E-state index in [0.29, 0.717) is 18.1 Å². The maximum absolute atomic E-state index is 11.1. The molecule has 0 saturated heterocycles. The molecule has 0 aromatic heterocycles. The van der Waals surface area contributed by atoms with Crippen LogP contribution in [0.1, 0.15) is 36.6 Å². The highest BCUT2D eigenvalue weighted by molar-refractivity contribution is 6.30. The summed E-state index contributed by atoms with van der Waals surface area (Å²) in [5.41, 5.74) is 2.94. The van der Waals surface area contributed by atoms with E-state index in [0.717, 1.165) is 28.0 Å². The van der Waals surface area contributed by atoms with Gasteiger partial charge >= 0.3 is 0 Å². The summed E-state index contributed by atoms with van der Waals surface area (Å²) in [4.78, 5) is 0. The molecule has 0 radical (unpaired) electrons. The highest BCUT2D eigenvalue weighted by Gasteiger charge is 2.19. The number of rotatable bonds is 8. The number of hydrogen-bond acceptors (Lipinski definition) is 3. The molecule has 0 heterocycles. The molecule has 0 fully saturated rings. The van der Waals surface area contributed by atoms with E-state index in [2.05, 4.69) is 29.6 Å². The van der Waals surface area contributed by atoms with Crippen molar-refractivity contribution in [3.8, 4) is 5.75 Å². The number of anilines is 1. The minimum Gasteiger partial charge on any atom is -0.494 e. The number of ether oxygens (including phenoxy) is 1. The number of halogens is 1. The minimum atomic E-state index is -0.610. The van der Waals surface area contributed by atoms with Gasteiger partial charge in [-0.3, -0.25) is 0 Å². The zero-order valence-corrected chi connectivity index (χ0v) is 18.2. The molecule has 2 unspecified atom stereocenters. The van der Waals surface area contributed by atoms with Crippen LogP contribution in [0.3, 0.4) is 0 Å². The van der Waals surface area contributed by atoms with Gasteiger partial charge in [-0.15, -0.1) is 0 Å². The summed E-state index contributed by atoms with van der Waals surface area (Å²) in [6.07, 6.45) is -0.0874. The number of aliphatic hydroxyl groups excluding tert-OH is 1. The zero-order valence-electron chi connectivity index (χ0n) is 17.5. The predicted octanol–water partition coefficient (Wildman–Crippen LogP) is 7.17. The average molecular weight is 432 g/mol. The molecule has 4 aromatic rings. The van der Waals surface area contributed by atoms with Gasteiger partial charge in [-0.1, -0.05) is 60.1 Å². The van der Waals surface area contributed by atoms with Crippen molar-refractivity contribution in [3.05, 3.63) is 107 Å². The van der Waals surface area contributed by atoms with Gasteiger partial charge in [0.1, 0.15) is 5.75 Å². The average Bonchev–Trinajstić information content (AvgIpc) is 2.80. The quantitative estimate of drug-likeness (QED) is 0.310. The van der Waals surface area contributed by atoms with Crippen molar-refractivity contribution in [1.82, 2.24) is 0 Å². The Hall–Kier alpha value is -3.01. The van der Waals surface area contributed by atoms with Crippen molar-refractivity contribution >= 4 is 28.1 Å². The molecule has 158 valence electrons. The van der Waals surface area contributed by atoms with E-state index in [1.165, 1.54) is 5.39 Å². The fraction of sp³-hybridized carbons (Fsp3) is 0.185. The highest BCUT2D eigenvalue weighted by atomic mass is 35.5. The topological polar surface area (TPSA) is 41.5 Å². The molecule has 0 bridgehead atoms. The van der Waals surface area contributed by atoms with Crippen LogP contribution in [0.25, 0.3) is 10.8 Å². The van der Waals surface area contributed by atoms with E-state index < -0.39 is 6.10 Å². The van der Waals surface area contributed by atoms with Crippen LogP contribution in [0.4, 0.5) is 5.69 Å². The second-order valence-corrected chi connectivity index (χ2v) is 8.00. The third kappa shape index (κ3) is 5.38. The largest absolute Gasteiger partial charge is 0.494 e. The van der Waals surface area contributed by atoms with Gasteiger partial charge < -0.3 is 15.2 Å². The fourth-order valence-corrected chi connectivity index (χ4v) is 3.89. The van der Waals surface area contributed by atoms with E-state index in [1.807, 2.05) is 73.7 Å². The highest BCUT2D eigenvalue weighted by Crippen LogP contribution is 2.32. The van der Waals surface area contributed by atoms with Crippen molar-refractivity contribution in [3.63, 3.8) is 0 Å². The summed E-state index contributed by atoms with van der Waals surface area (Å²) in [5, 5.41) is 17.6. The van der Waals surface area contributed by atoms with Crippen LogP contribution in [-0.2, 0) is 0 Å². The molecular weight excluding hydrogens is 406 g/mol. The number of nitrogens with one attached hydrogen (secondary N) is 1. The van der Waals surface area contributed by atoms with Crippen molar-refractivity contribution < 1.29 is 9.84 Å². The summed E-state index contributed by atoms with van der Waals surface area (Å²) in [7, 11) is 0. The fourth-order valence-electron chi connectivity index (χ4n) is 3.76. The summed E-state index contributed by atoms with van der Waals surface area (Å²) >= 11 is 6.04. The summed E-state index contributed by atoms with van der Waals surface area (Å²) in [6.45, 7) is 2.60. The van der Waals surface area contributed by atoms with Crippen LogP contribution >= 0.6 is 11.6 Å². The molecule has 2 atom stereocenters. The van der Waals surface area contributed by atoms with E-state index in [9.17, 15) is 5.11 Å². The van der Waals surface area contributed by atoms with Crippen LogP contribution in [0.2, 0.25) is 5.02 Å². The SMILES string of the molecule is CCOc1ccc(C(CC(O)c2ccc3ccccc3c2)Nc2ccc(Cl)cc2)cc1. The van der Waals surface area contributed by atoms with E-state index in [1.54, 1.807) is 0 Å². The normalized spacial score (nSPS) is 13.0. The first-order valence-electron chi connectivity index (χ1n) is 10.5. The lowest BCUT2D eigenvalue weighted by Crippen LogP contribution is -2.15. The van der Waals surface area contributed by atoms with Crippen molar-refractivity contribution in [2.24, 2.45) is 0 Å². The van der Waals surface area contributed by atoms with Crippen LogP contribution < -0.4 is 10.1 Å². The Balaban J connectivity index is 1.59. The second kappa shape index (κ2) is 9.86. The van der Waals surface area contributed by atoms with Crippen LogP contribution in [0, 0.1) is 0 Å². The van der Waals surface area contributed by atoms with Crippen LogP contribution in [0.5, 0.6) is 5.75 Å². The van der Waals surface area contributed by atoms with Gasteiger partial charge in [-0.2, -0.15) is 0 Å². The minimum absolute atomic E-state index is 0.0849. The molecule has 2 N–H and O–H groups in total. The molecule has 0 aliphatic heterocycles. The van der Waals surface area contributed by atoms with Gasteiger partial charge in [-0.05, 0) is 71.3 Å². The molecule has 4 heteroatoms. The van der Waals surface area contributed by atoms with Crippen molar-refractivity contribution in [1.29, 1.82) is 0 Å². The van der Waals surface area contributed by atoms with Crippen molar-refractivity contribution in [2.45, 2.75) is 25.5 Å². The lowest BCUT2D eigenvalue weighted by atomic mass is 9.95. The maximum Gasteiger partial charge on any atom is 0.119 e. The Bertz CT molecular complexity index is 1130. The maximum atomic E-state index is 11.1. The zero-order chi connectivity index (χ0) is 21.6. The number of benzene rings is 4. The number of fused-ring (bicyclic) bond motifs is 1. The summed E-state index contributed by atoms with van der Waals surface area (Å²) < 4.78 is 5.58. The third-order valence-corrected chi connectivity index (χ3v) is 5.65. The lowest BCUT2D eigenvalue weighted by molar-refractivity contribution is 0.161. The summed E-state index contributed by atoms with van der Waals surface area (Å²) in [6, 6.07) is 29.9. The van der Waals surface area contributed by atoms with Gasteiger partial charge in [0.15, 0.2) is 0 Å². The van der Waals surface area contributed by atoms with Crippen LogP contribution in [-0.4, -0.2) is 11.7 Å². The lowest BCUT2D eigenvalue weighted by Gasteiger charge is -2.24. The van der Waals surface area contributed by atoms with Gasteiger partial charge in [0.25, 0.3) is 0 Å².